The molecule has 2 heterocycles. The molecule has 3 aromatic carbocycles. The zero-order chi connectivity index (χ0) is 25.7. The number of hydrogen-bond acceptors (Lipinski definition) is 2. The molecule has 0 spiro atoms. The van der Waals surface area contributed by atoms with Crippen molar-refractivity contribution in [1.29, 1.82) is 0 Å². The van der Waals surface area contributed by atoms with Gasteiger partial charge in [-0.25, -0.2) is 0 Å². The maximum Gasteiger partial charge on any atom is 0.0798 e. The Labute approximate surface area is 236 Å². The first-order valence-electron chi connectivity index (χ1n) is 12.6. The van der Waals surface area contributed by atoms with Crippen LogP contribution in [0.2, 0.25) is 19.6 Å². The molecule has 0 N–H and O–H groups in total. The Bertz CT molecular complexity index is 1420. The number of aryl methyl sites for hydroxylation is 1. The van der Waals surface area contributed by atoms with Gasteiger partial charge in [-0.2, -0.15) is 0 Å². The Morgan fingerprint density at radius 3 is 2.05 bits per heavy atom. The van der Waals surface area contributed by atoms with E-state index >= 15 is 0 Å². The first-order chi connectivity index (χ1) is 17.2. The predicted molar refractivity (Wildman–Crippen MR) is 155 cm³/mol. The molecule has 0 fully saturated rings. The van der Waals surface area contributed by atoms with Gasteiger partial charge in [-0.15, -0.1) is 71.8 Å². The summed E-state index contributed by atoms with van der Waals surface area (Å²) in [7, 11) is 0.692. The molecule has 0 aliphatic heterocycles. The topological polar surface area (TPSA) is 30.7 Å². The van der Waals surface area contributed by atoms with Gasteiger partial charge < -0.3 is 9.55 Å². The molecule has 2 aromatic heterocycles. The summed E-state index contributed by atoms with van der Waals surface area (Å²) in [6.07, 6.45) is 3.24. The average Bonchev–Trinajstić information content (AvgIpc) is 3.21. The van der Waals surface area contributed by atoms with E-state index in [9.17, 15) is 0 Å². The third kappa shape index (κ3) is 7.13. The third-order valence-corrected chi connectivity index (χ3v) is 8.21. The number of imidazole rings is 1. The number of benzene rings is 3. The van der Waals surface area contributed by atoms with E-state index in [4.69, 9.17) is 0 Å². The van der Waals surface area contributed by atoms with Gasteiger partial charge >= 0.3 is 0 Å². The average molecular weight is 682 g/mol. The van der Waals surface area contributed by atoms with Crippen molar-refractivity contribution in [2.24, 2.45) is 13.0 Å². The monoisotopic (exact) mass is 682 g/mol. The molecule has 193 valence electrons. The molecule has 5 heteroatoms. The second kappa shape index (κ2) is 12.6. The maximum atomic E-state index is 4.69. The molecule has 0 unspecified atom stereocenters. The van der Waals surface area contributed by atoms with Gasteiger partial charge in [0.15, 0.2) is 0 Å². The Kier molecular flexibility index (Phi) is 9.78. The van der Waals surface area contributed by atoms with Gasteiger partial charge in [0, 0.05) is 33.3 Å². The number of nitrogens with zero attached hydrogens (tertiary/aromatic N) is 3. The molecule has 37 heavy (non-hydrogen) atoms. The van der Waals surface area contributed by atoms with Gasteiger partial charge in [0.25, 0.3) is 0 Å². The van der Waals surface area contributed by atoms with Crippen molar-refractivity contribution >= 4 is 24.3 Å². The zero-order valence-corrected chi connectivity index (χ0v) is 25.9. The molecule has 5 rings (SSSR count). The summed E-state index contributed by atoms with van der Waals surface area (Å²) >= 11 is 0. The van der Waals surface area contributed by atoms with Gasteiger partial charge in [-0.05, 0) is 35.4 Å². The first-order valence-corrected chi connectivity index (χ1v) is 16.1. The fourth-order valence-electron chi connectivity index (χ4n) is 4.40. The van der Waals surface area contributed by atoms with Crippen molar-refractivity contribution < 1.29 is 20.1 Å². The summed E-state index contributed by atoms with van der Waals surface area (Å²) in [6.45, 7) is 11.7. The molecule has 3 nitrogen and oxygen atoms in total. The molecule has 5 aromatic rings. The van der Waals surface area contributed by atoms with E-state index in [0.29, 0.717) is 5.92 Å². The number of aromatic nitrogens is 3. The molecule has 0 saturated heterocycles. The molecule has 1 radical (unpaired) electrons. The number of para-hydroxylation sites is 2. The van der Waals surface area contributed by atoms with E-state index < -0.39 is 8.07 Å². The van der Waals surface area contributed by atoms with Crippen LogP contribution in [0.1, 0.15) is 19.4 Å². The maximum absolute atomic E-state index is 4.69. The molecule has 0 aliphatic rings. The van der Waals surface area contributed by atoms with Crippen LogP contribution in [-0.2, 0) is 33.6 Å². The van der Waals surface area contributed by atoms with Crippen LogP contribution in [0.5, 0.6) is 0 Å². The minimum Gasteiger partial charge on any atom is -0.367 e. The van der Waals surface area contributed by atoms with Crippen LogP contribution >= 0.6 is 0 Å². The van der Waals surface area contributed by atoms with Crippen molar-refractivity contribution in [2.75, 3.05) is 0 Å². The minimum absolute atomic E-state index is 0. The fraction of sp³-hybridized carbons (Fsp3) is 0.250. The largest absolute Gasteiger partial charge is 0.367 e. The summed E-state index contributed by atoms with van der Waals surface area (Å²) in [6, 6.07) is 32.9. The van der Waals surface area contributed by atoms with Crippen LogP contribution < -0.4 is 5.19 Å². The molecular weight excluding hydrogens is 647 g/mol. The van der Waals surface area contributed by atoms with Gasteiger partial charge in [-0.1, -0.05) is 57.3 Å². The summed E-state index contributed by atoms with van der Waals surface area (Å²) < 4.78 is 2.10. The summed E-state index contributed by atoms with van der Waals surface area (Å²) in [5, 5.41) is 1.49. The van der Waals surface area contributed by atoms with E-state index in [1.54, 1.807) is 0 Å². The van der Waals surface area contributed by atoms with Crippen LogP contribution in [0.15, 0.2) is 85.1 Å². The van der Waals surface area contributed by atoms with E-state index in [1.807, 2.05) is 67.7 Å². The zero-order valence-electron chi connectivity index (χ0n) is 22.5. The van der Waals surface area contributed by atoms with Crippen molar-refractivity contribution in [3.05, 3.63) is 103 Å². The molecule has 0 atom stereocenters. The molecule has 0 saturated carbocycles. The van der Waals surface area contributed by atoms with Crippen LogP contribution in [0, 0.1) is 18.1 Å². The van der Waals surface area contributed by atoms with Crippen molar-refractivity contribution in [3.8, 4) is 22.6 Å². The summed E-state index contributed by atoms with van der Waals surface area (Å²) in [5.74, 6) is 1.63. The van der Waals surface area contributed by atoms with E-state index in [0.717, 1.165) is 40.1 Å². The molecular formula is C32H35IrN3Si-2. The number of pyridine rings is 1. The van der Waals surface area contributed by atoms with Gasteiger partial charge in [0.2, 0.25) is 0 Å². The fourth-order valence-corrected chi connectivity index (χ4v) is 5.99. The number of fused-ring (bicyclic) bond motifs is 1. The second-order valence-corrected chi connectivity index (χ2v) is 15.6. The summed E-state index contributed by atoms with van der Waals surface area (Å²) in [4.78, 5) is 9.30. The van der Waals surface area contributed by atoms with E-state index in [-0.39, 0.29) is 20.1 Å². The first kappa shape index (κ1) is 28.7. The van der Waals surface area contributed by atoms with Gasteiger partial charge in [0.05, 0.1) is 24.9 Å². The van der Waals surface area contributed by atoms with Crippen molar-refractivity contribution in [3.63, 3.8) is 0 Å². The summed E-state index contributed by atoms with van der Waals surface area (Å²) in [5.41, 5.74) is 6.80. The Hall–Kier alpha value is -2.85. The standard InChI is InChI=1S/C18H24NSi.C14H11N2.Ir/c1-14(2)11-16-12-17(15-9-7-6-8-10-15)19-13-18(16)20(3,4)5;1-16-13-10-6-5-9-12(13)15-14(16)11-7-3-2-4-8-11;/h6-9,12-14H,11H2,1-5H3;2-7,9-10H,1H3;/q2*-1;. The van der Waals surface area contributed by atoms with Crippen molar-refractivity contribution in [1.82, 2.24) is 14.5 Å². The van der Waals surface area contributed by atoms with Gasteiger partial charge in [-0.3, -0.25) is 4.98 Å². The number of hydrogen-bond donors (Lipinski definition) is 0. The molecule has 0 bridgehead atoms. The normalized spacial score (nSPS) is 11.1. The molecule has 0 aliphatic carbocycles. The van der Waals surface area contributed by atoms with E-state index in [2.05, 4.69) is 84.6 Å². The van der Waals surface area contributed by atoms with E-state index in [1.165, 1.54) is 10.8 Å². The van der Waals surface area contributed by atoms with Crippen LogP contribution in [-0.4, -0.2) is 22.6 Å². The second-order valence-electron chi connectivity index (χ2n) is 10.6. The Balaban J connectivity index is 0.000000204. The third-order valence-electron chi connectivity index (χ3n) is 6.15. The molecule has 0 amide bonds. The SMILES string of the molecule is CC(C)Cc1cc(-c2[c-]cccc2)ncc1[Si](C)(C)C.Cn1c(-c2[c-]cccc2)nc2ccccc21.[Ir]. The van der Waals surface area contributed by atoms with Crippen molar-refractivity contribution in [2.45, 2.75) is 39.9 Å². The van der Waals surface area contributed by atoms with Gasteiger partial charge in [0.1, 0.15) is 0 Å². The number of rotatable bonds is 5. The Morgan fingerprint density at radius 1 is 0.865 bits per heavy atom. The van der Waals surface area contributed by atoms with Crippen LogP contribution in [0.25, 0.3) is 33.7 Å². The predicted octanol–water partition coefficient (Wildman–Crippen LogP) is 7.33. The van der Waals surface area contributed by atoms with Crippen LogP contribution in [0.4, 0.5) is 0 Å². The smallest absolute Gasteiger partial charge is 0.0798 e. The minimum atomic E-state index is -1.34. The Morgan fingerprint density at radius 2 is 1.49 bits per heavy atom. The quantitative estimate of drug-likeness (QED) is 0.144. The van der Waals surface area contributed by atoms with Crippen LogP contribution in [0.3, 0.4) is 0 Å².